The molecular formula is C19H14FN3OS. The molecule has 0 bridgehead atoms. The maximum absolute atomic E-state index is 12.9. The van der Waals surface area contributed by atoms with Crippen molar-refractivity contribution in [3.05, 3.63) is 76.9 Å². The van der Waals surface area contributed by atoms with Crippen LogP contribution in [0, 0.1) is 5.82 Å². The molecule has 0 saturated carbocycles. The molecule has 0 saturated heterocycles. The Morgan fingerprint density at radius 3 is 2.80 bits per heavy atom. The Kier molecular flexibility index (Phi) is 4.03. The number of hydrogen-bond donors (Lipinski definition) is 2. The number of aromatic nitrogens is 2. The lowest BCUT2D eigenvalue weighted by atomic mass is 10.1. The van der Waals surface area contributed by atoms with Crippen LogP contribution in [0.5, 0.6) is 0 Å². The van der Waals surface area contributed by atoms with Gasteiger partial charge in [0, 0.05) is 17.3 Å². The summed E-state index contributed by atoms with van der Waals surface area (Å²) in [7, 11) is 0. The van der Waals surface area contributed by atoms with Gasteiger partial charge in [0.25, 0.3) is 5.91 Å². The molecule has 25 heavy (non-hydrogen) atoms. The van der Waals surface area contributed by atoms with Crippen LogP contribution in [0.15, 0.2) is 60.0 Å². The van der Waals surface area contributed by atoms with Crippen LogP contribution in [-0.2, 0) is 6.54 Å². The van der Waals surface area contributed by atoms with Gasteiger partial charge in [0.15, 0.2) is 0 Å². The number of para-hydroxylation sites is 1. The van der Waals surface area contributed by atoms with Crippen molar-refractivity contribution < 1.29 is 9.18 Å². The number of H-pyrrole nitrogens is 1. The van der Waals surface area contributed by atoms with Crippen LogP contribution >= 0.6 is 11.3 Å². The summed E-state index contributed by atoms with van der Waals surface area (Å²) in [4.78, 5) is 13.3. The quantitative estimate of drug-likeness (QED) is 0.574. The van der Waals surface area contributed by atoms with E-state index in [1.807, 2.05) is 35.7 Å². The third-order valence-electron chi connectivity index (χ3n) is 3.93. The van der Waals surface area contributed by atoms with Crippen molar-refractivity contribution in [2.24, 2.45) is 0 Å². The standard InChI is InChI=1S/C19H14FN3OS/c20-14-7-5-12(6-8-14)10-21-19(24)13-9-17(25-11-13)18-15-3-1-2-4-16(15)22-23-18/h1-9,11H,10H2,(H,21,24)(H,22,23). The van der Waals surface area contributed by atoms with E-state index in [0.29, 0.717) is 12.1 Å². The summed E-state index contributed by atoms with van der Waals surface area (Å²) < 4.78 is 12.9. The molecule has 0 spiro atoms. The molecular weight excluding hydrogens is 337 g/mol. The average Bonchev–Trinajstić information content (AvgIpc) is 3.27. The van der Waals surface area contributed by atoms with Crippen molar-refractivity contribution in [2.75, 3.05) is 0 Å². The van der Waals surface area contributed by atoms with Gasteiger partial charge < -0.3 is 5.32 Å². The fourth-order valence-electron chi connectivity index (χ4n) is 2.62. The third-order valence-corrected chi connectivity index (χ3v) is 4.87. The minimum atomic E-state index is -0.288. The lowest BCUT2D eigenvalue weighted by Gasteiger charge is -2.03. The number of nitrogens with one attached hydrogen (secondary N) is 2. The molecule has 0 radical (unpaired) electrons. The number of carbonyl (C=O) groups excluding carboxylic acids is 1. The van der Waals surface area contributed by atoms with Gasteiger partial charge in [-0.1, -0.05) is 30.3 Å². The number of aromatic amines is 1. The Hall–Kier alpha value is -2.99. The van der Waals surface area contributed by atoms with Crippen LogP contribution in [0.1, 0.15) is 15.9 Å². The highest BCUT2D eigenvalue weighted by atomic mass is 32.1. The first-order valence-corrected chi connectivity index (χ1v) is 8.63. The van der Waals surface area contributed by atoms with Gasteiger partial charge in [-0.05, 0) is 29.8 Å². The van der Waals surface area contributed by atoms with Gasteiger partial charge in [-0.25, -0.2) is 4.39 Å². The Morgan fingerprint density at radius 2 is 1.96 bits per heavy atom. The van der Waals surface area contributed by atoms with Crippen molar-refractivity contribution in [2.45, 2.75) is 6.54 Å². The molecule has 4 nitrogen and oxygen atoms in total. The summed E-state index contributed by atoms with van der Waals surface area (Å²) >= 11 is 1.48. The van der Waals surface area contributed by atoms with Gasteiger partial charge in [-0.2, -0.15) is 5.10 Å². The molecule has 2 N–H and O–H groups in total. The van der Waals surface area contributed by atoms with E-state index in [2.05, 4.69) is 15.5 Å². The van der Waals surface area contributed by atoms with Gasteiger partial charge in [0.05, 0.1) is 16.0 Å². The van der Waals surface area contributed by atoms with Crippen LogP contribution in [0.25, 0.3) is 21.5 Å². The molecule has 2 aromatic carbocycles. The zero-order chi connectivity index (χ0) is 17.2. The molecule has 0 fully saturated rings. The Morgan fingerprint density at radius 1 is 1.16 bits per heavy atom. The first kappa shape index (κ1) is 15.5. The number of fused-ring (bicyclic) bond motifs is 1. The number of amides is 1. The predicted octanol–water partition coefficient (Wildman–Crippen LogP) is 4.36. The van der Waals surface area contributed by atoms with E-state index in [9.17, 15) is 9.18 Å². The molecule has 6 heteroatoms. The predicted molar refractivity (Wildman–Crippen MR) is 97.0 cm³/mol. The fraction of sp³-hybridized carbons (Fsp3) is 0.0526. The molecule has 0 unspecified atom stereocenters. The molecule has 1 amide bonds. The molecule has 2 heterocycles. The number of carbonyl (C=O) groups is 1. The summed E-state index contributed by atoms with van der Waals surface area (Å²) in [5.41, 5.74) is 3.25. The molecule has 4 rings (SSSR count). The van der Waals surface area contributed by atoms with Crippen LogP contribution in [0.4, 0.5) is 4.39 Å². The van der Waals surface area contributed by atoms with Crippen LogP contribution in [-0.4, -0.2) is 16.1 Å². The first-order valence-electron chi connectivity index (χ1n) is 7.75. The second kappa shape index (κ2) is 6.49. The summed E-state index contributed by atoms with van der Waals surface area (Å²) in [5, 5.41) is 13.1. The maximum atomic E-state index is 12.9. The van der Waals surface area contributed by atoms with Crippen molar-refractivity contribution in [1.29, 1.82) is 0 Å². The lowest BCUT2D eigenvalue weighted by Crippen LogP contribution is -2.22. The van der Waals surface area contributed by atoms with Crippen molar-refractivity contribution >= 4 is 28.1 Å². The number of rotatable bonds is 4. The second-order valence-corrected chi connectivity index (χ2v) is 6.54. The van der Waals surface area contributed by atoms with Crippen molar-refractivity contribution in [3.8, 4) is 10.6 Å². The Bertz CT molecular complexity index is 1040. The minimum Gasteiger partial charge on any atom is -0.348 e. The zero-order valence-electron chi connectivity index (χ0n) is 13.1. The topological polar surface area (TPSA) is 57.8 Å². The van der Waals surface area contributed by atoms with Crippen LogP contribution in [0.2, 0.25) is 0 Å². The van der Waals surface area contributed by atoms with Crippen LogP contribution in [0.3, 0.4) is 0 Å². The SMILES string of the molecule is O=C(NCc1ccc(F)cc1)c1csc(-c2n[nH]c3ccccc23)c1. The number of halogens is 1. The highest BCUT2D eigenvalue weighted by Gasteiger charge is 2.13. The van der Waals surface area contributed by atoms with E-state index < -0.39 is 0 Å². The summed E-state index contributed by atoms with van der Waals surface area (Å²) in [6.45, 7) is 0.357. The van der Waals surface area contributed by atoms with Crippen molar-refractivity contribution in [3.63, 3.8) is 0 Å². The molecule has 4 aromatic rings. The number of hydrogen-bond acceptors (Lipinski definition) is 3. The van der Waals surface area contributed by atoms with Gasteiger partial charge in [-0.3, -0.25) is 9.89 Å². The monoisotopic (exact) mass is 351 g/mol. The van der Waals surface area contributed by atoms with Gasteiger partial charge >= 0.3 is 0 Å². The minimum absolute atomic E-state index is 0.160. The highest BCUT2D eigenvalue weighted by molar-refractivity contribution is 7.14. The summed E-state index contributed by atoms with van der Waals surface area (Å²) in [6, 6.07) is 15.8. The second-order valence-electron chi connectivity index (χ2n) is 5.63. The largest absolute Gasteiger partial charge is 0.348 e. The molecule has 2 aromatic heterocycles. The smallest absolute Gasteiger partial charge is 0.252 e. The number of thiophene rings is 1. The van der Waals surface area contributed by atoms with Crippen molar-refractivity contribution in [1.82, 2.24) is 15.5 Å². The van der Waals surface area contributed by atoms with Gasteiger partial charge in [0.1, 0.15) is 11.5 Å². The van der Waals surface area contributed by atoms with Gasteiger partial charge in [-0.15, -0.1) is 11.3 Å². The molecule has 124 valence electrons. The van der Waals surface area contributed by atoms with Gasteiger partial charge in [0.2, 0.25) is 0 Å². The highest BCUT2D eigenvalue weighted by Crippen LogP contribution is 2.31. The normalized spacial score (nSPS) is 10.9. The molecule has 0 aliphatic heterocycles. The maximum Gasteiger partial charge on any atom is 0.252 e. The van der Waals surface area contributed by atoms with E-state index in [4.69, 9.17) is 0 Å². The van der Waals surface area contributed by atoms with Crippen LogP contribution < -0.4 is 5.32 Å². The molecule has 0 aliphatic carbocycles. The number of nitrogens with zero attached hydrogens (tertiary/aromatic N) is 1. The van der Waals surface area contributed by atoms with E-state index in [1.54, 1.807) is 12.1 Å². The molecule has 0 aliphatic rings. The summed E-state index contributed by atoms with van der Waals surface area (Å²) in [5.74, 6) is -0.449. The Balaban J connectivity index is 1.50. The van der Waals surface area contributed by atoms with E-state index in [0.717, 1.165) is 27.0 Å². The first-order chi connectivity index (χ1) is 12.2. The zero-order valence-corrected chi connectivity index (χ0v) is 13.9. The summed E-state index contributed by atoms with van der Waals surface area (Å²) in [6.07, 6.45) is 0. The average molecular weight is 351 g/mol. The number of benzene rings is 2. The van der Waals surface area contributed by atoms with E-state index in [-0.39, 0.29) is 11.7 Å². The van der Waals surface area contributed by atoms with E-state index >= 15 is 0 Å². The Labute approximate surface area is 147 Å². The van der Waals surface area contributed by atoms with E-state index in [1.165, 1.54) is 23.5 Å². The molecule has 0 atom stereocenters. The third kappa shape index (κ3) is 3.16. The lowest BCUT2D eigenvalue weighted by molar-refractivity contribution is 0.0951. The fourth-order valence-corrected chi connectivity index (χ4v) is 3.51.